The van der Waals surface area contributed by atoms with Gasteiger partial charge in [-0.25, -0.2) is 0 Å². The number of benzene rings is 1. The quantitative estimate of drug-likeness (QED) is 0.825. The van der Waals surface area contributed by atoms with Gasteiger partial charge >= 0.3 is 0 Å². The van der Waals surface area contributed by atoms with Crippen molar-refractivity contribution in [3.05, 3.63) is 45.8 Å². The van der Waals surface area contributed by atoms with Gasteiger partial charge in [-0.2, -0.15) is 0 Å². The monoisotopic (exact) mass is 288 g/mol. The molecular weight excluding hydrogens is 260 g/mol. The van der Waals surface area contributed by atoms with Crippen LogP contribution in [0.4, 0.5) is 0 Å². The number of nitrogens with zero attached hydrogens (tertiary/aromatic N) is 2. The van der Waals surface area contributed by atoms with Crippen LogP contribution in [-0.2, 0) is 11.3 Å². The summed E-state index contributed by atoms with van der Waals surface area (Å²) in [6, 6.07) is 0. The molecule has 0 unspecified atom stereocenters. The summed E-state index contributed by atoms with van der Waals surface area (Å²) < 4.78 is 5.15. The van der Waals surface area contributed by atoms with Crippen LogP contribution in [0.25, 0.3) is 0 Å². The van der Waals surface area contributed by atoms with Crippen LogP contribution in [0.2, 0.25) is 0 Å². The Morgan fingerprint density at radius 3 is 1.95 bits per heavy atom. The molecule has 116 valence electrons. The van der Waals surface area contributed by atoms with E-state index >= 15 is 0 Å². The van der Waals surface area contributed by atoms with E-state index in [0.717, 1.165) is 26.4 Å². The lowest BCUT2D eigenvalue weighted by Crippen LogP contribution is -2.28. The lowest BCUT2D eigenvalue weighted by Gasteiger charge is -2.25. The van der Waals surface area contributed by atoms with Crippen LogP contribution >= 0.6 is 0 Å². The molecule has 0 saturated heterocycles. The minimum Gasteiger partial charge on any atom is -0.383 e. The Hall–Kier alpha value is -1.48. The summed E-state index contributed by atoms with van der Waals surface area (Å²) >= 11 is 0. The second kappa shape index (κ2) is 6.52. The van der Waals surface area contributed by atoms with Gasteiger partial charge in [-0.1, -0.05) is 0 Å². The third-order valence-corrected chi connectivity index (χ3v) is 4.95. The van der Waals surface area contributed by atoms with E-state index < -0.39 is 0 Å². The Labute approximate surface area is 129 Å². The predicted molar refractivity (Wildman–Crippen MR) is 88.3 cm³/mol. The van der Waals surface area contributed by atoms with Crippen molar-refractivity contribution in [2.24, 2.45) is 0 Å². The van der Waals surface area contributed by atoms with Crippen LogP contribution in [0.15, 0.2) is 12.4 Å². The van der Waals surface area contributed by atoms with E-state index in [2.05, 4.69) is 56.8 Å². The highest BCUT2D eigenvalue weighted by Gasteiger charge is 2.17. The van der Waals surface area contributed by atoms with Gasteiger partial charge in [0.1, 0.15) is 0 Å². The molecule has 21 heavy (non-hydrogen) atoms. The Bertz CT molecular complexity index is 520. The van der Waals surface area contributed by atoms with Crippen molar-refractivity contribution in [2.75, 3.05) is 26.9 Å². The second-order valence-corrected chi connectivity index (χ2v) is 6.10. The van der Waals surface area contributed by atoms with E-state index in [-0.39, 0.29) is 0 Å². The van der Waals surface area contributed by atoms with Crippen molar-refractivity contribution in [3.8, 4) is 0 Å². The van der Waals surface area contributed by atoms with Crippen LogP contribution < -0.4 is 0 Å². The van der Waals surface area contributed by atoms with Gasteiger partial charge in [0.15, 0.2) is 0 Å². The molecule has 0 N–H and O–H groups in total. The van der Waals surface area contributed by atoms with E-state index in [1.165, 1.54) is 33.4 Å². The molecule has 0 aromatic heterocycles. The first-order valence-corrected chi connectivity index (χ1v) is 7.67. The third kappa shape index (κ3) is 3.24. The van der Waals surface area contributed by atoms with E-state index in [4.69, 9.17) is 4.74 Å². The standard InChI is InChI=1S/C18H28N2O/c1-13-14(2)16(4)18(17(5)15(13)3)11-20-8-7-19(12-20)9-10-21-6/h7-8H,9-12H2,1-6H3. The molecule has 1 aliphatic rings. The summed E-state index contributed by atoms with van der Waals surface area (Å²) in [7, 11) is 1.75. The summed E-state index contributed by atoms with van der Waals surface area (Å²) in [5.41, 5.74) is 8.68. The van der Waals surface area contributed by atoms with Crippen molar-refractivity contribution in [3.63, 3.8) is 0 Å². The highest BCUT2D eigenvalue weighted by molar-refractivity contribution is 5.49. The van der Waals surface area contributed by atoms with Gasteiger partial charge < -0.3 is 14.5 Å². The number of hydrogen-bond acceptors (Lipinski definition) is 3. The Morgan fingerprint density at radius 1 is 0.857 bits per heavy atom. The largest absolute Gasteiger partial charge is 0.383 e. The van der Waals surface area contributed by atoms with Crippen molar-refractivity contribution in [1.82, 2.24) is 9.80 Å². The van der Waals surface area contributed by atoms with Gasteiger partial charge in [0.05, 0.1) is 13.3 Å². The van der Waals surface area contributed by atoms with Crippen LogP contribution in [0.3, 0.4) is 0 Å². The van der Waals surface area contributed by atoms with E-state index in [1.54, 1.807) is 7.11 Å². The molecule has 0 atom stereocenters. The molecule has 3 heteroatoms. The van der Waals surface area contributed by atoms with Crippen molar-refractivity contribution in [1.29, 1.82) is 0 Å². The molecule has 0 saturated carbocycles. The number of hydrogen-bond donors (Lipinski definition) is 0. The van der Waals surface area contributed by atoms with Gasteiger partial charge in [-0.15, -0.1) is 0 Å². The predicted octanol–water partition coefficient (Wildman–Crippen LogP) is 3.42. The highest BCUT2D eigenvalue weighted by atomic mass is 16.5. The minimum atomic E-state index is 0.777. The molecule has 1 aromatic rings. The average molecular weight is 288 g/mol. The molecule has 0 bridgehead atoms. The number of ether oxygens (including phenoxy) is 1. The van der Waals surface area contributed by atoms with E-state index in [9.17, 15) is 0 Å². The fourth-order valence-corrected chi connectivity index (χ4v) is 2.99. The summed E-state index contributed by atoms with van der Waals surface area (Å²) in [4.78, 5) is 4.67. The van der Waals surface area contributed by atoms with Crippen molar-refractivity contribution >= 4 is 0 Å². The third-order valence-electron chi connectivity index (χ3n) is 4.95. The zero-order chi connectivity index (χ0) is 15.6. The number of rotatable bonds is 5. The second-order valence-electron chi connectivity index (χ2n) is 6.10. The smallest absolute Gasteiger partial charge is 0.0898 e. The summed E-state index contributed by atoms with van der Waals surface area (Å²) in [6.45, 7) is 14.9. The lowest BCUT2D eigenvalue weighted by atomic mass is 9.89. The molecular formula is C18H28N2O. The maximum Gasteiger partial charge on any atom is 0.0898 e. The normalized spacial score (nSPS) is 14.4. The molecule has 0 fully saturated rings. The molecule has 3 nitrogen and oxygen atoms in total. The average Bonchev–Trinajstić information content (AvgIpc) is 2.93. The first-order chi connectivity index (χ1) is 9.95. The SMILES string of the molecule is COCCN1C=CN(Cc2c(C)c(C)c(C)c(C)c2C)C1. The molecule has 0 spiro atoms. The van der Waals surface area contributed by atoms with Gasteiger partial charge in [-0.3, -0.25) is 0 Å². The van der Waals surface area contributed by atoms with Crippen LogP contribution in [0, 0.1) is 34.6 Å². The molecule has 0 radical (unpaired) electrons. The van der Waals surface area contributed by atoms with Crippen LogP contribution in [0.1, 0.15) is 33.4 Å². The molecule has 0 amide bonds. The number of methoxy groups -OCH3 is 1. The molecule has 1 heterocycles. The Morgan fingerprint density at radius 2 is 1.38 bits per heavy atom. The van der Waals surface area contributed by atoms with Gasteiger partial charge in [0, 0.05) is 32.6 Å². The lowest BCUT2D eigenvalue weighted by molar-refractivity contribution is 0.156. The van der Waals surface area contributed by atoms with Crippen LogP contribution in [-0.4, -0.2) is 36.7 Å². The van der Waals surface area contributed by atoms with E-state index in [1.807, 2.05) is 0 Å². The minimum absolute atomic E-state index is 0.777. The maximum absolute atomic E-state index is 5.15. The van der Waals surface area contributed by atoms with E-state index in [0.29, 0.717) is 0 Å². The summed E-state index contributed by atoms with van der Waals surface area (Å²) in [6.07, 6.45) is 4.36. The fourth-order valence-electron chi connectivity index (χ4n) is 2.99. The van der Waals surface area contributed by atoms with Crippen molar-refractivity contribution < 1.29 is 4.74 Å². The first-order valence-electron chi connectivity index (χ1n) is 7.67. The molecule has 1 aliphatic heterocycles. The first kappa shape index (κ1) is 15.9. The topological polar surface area (TPSA) is 15.7 Å². The summed E-state index contributed by atoms with van der Waals surface area (Å²) in [5.74, 6) is 0. The molecule has 0 aliphatic carbocycles. The zero-order valence-electron chi connectivity index (χ0n) is 14.3. The highest BCUT2D eigenvalue weighted by Crippen LogP contribution is 2.27. The Kier molecular flexibility index (Phi) is 4.94. The van der Waals surface area contributed by atoms with Gasteiger partial charge in [-0.05, 0) is 68.0 Å². The Balaban J connectivity index is 2.13. The van der Waals surface area contributed by atoms with Crippen LogP contribution in [0.5, 0.6) is 0 Å². The fraction of sp³-hybridized carbons (Fsp3) is 0.556. The zero-order valence-corrected chi connectivity index (χ0v) is 14.3. The molecule has 1 aromatic carbocycles. The summed E-state index contributed by atoms with van der Waals surface area (Å²) in [5, 5.41) is 0. The van der Waals surface area contributed by atoms with Gasteiger partial charge in [0.2, 0.25) is 0 Å². The molecule has 2 rings (SSSR count). The van der Waals surface area contributed by atoms with Gasteiger partial charge in [0.25, 0.3) is 0 Å². The maximum atomic E-state index is 5.15. The van der Waals surface area contributed by atoms with Crippen molar-refractivity contribution in [2.45, 2.75) is 41.2 Å².